The first-order valence-corrected chi connectivity index (χ1v) is 9.38. The Hall–Kier alpha value is -2.15. The highest BCUT2D eigenvalue weighted by Gasteiger charge is 2.17. The van der Waals surface area contributed by atoms with Crippen LogP contribution >= 0.6 is 0 Å². The van der Waals surface area contributed by atoms with Crippen molar-refractivity contribution in [3.8, 4) is 0 Å². The molecule has 7 heteroatoms. The number of H-pyrrole nitrogens is 1. The number of sulfone groups is 1. The van der Waals surface area contributed by atoms with E-state index in [4.69, 9.17) is 0 Å². The van der Waals surface area contributed by atoms with Crippen LogP contribution < -0.4 is 10.9 Å². The maximum absolute atomic E-state index is 12.4. The van der Waals surface area contributed by atoms with E-state index in [9.17, 15) is 13.2 Å². The fraction of sp³-hybridized carbons (Fsp3) is 0.412. The summed E-state index contributed by atoms with van der Waals surface area (Å²) >= 11 is 0. The van der Waals surface area contributed by atoms with Crippen molar-refractivity contribution < 1.29 is 8.42 Å². The minimum Gasteiger partial charge on any atom is -0.369 e. The van der Waals surface area contributed by atoms with E-state index in [1.807, 2.05) is 12.1 Å². The Morgan fingerprint density at radius 3 is 2.38 bits per heavy atom. The minimum atomic E-state index is -3.39. The van der Waals surface area contributed by atoms with Crippen LogP contribution in [0.15, 0.2) is 40.3 Å². The number of hydrogen-bond acceptors (Lipinski definition) is 5. The summed E-state index contributed by atoms with van der Waals surface area (Å²) in [5.74, 6) is 0.326. The zero-order valence-corrected chi connectivity index (χ0v) is 15.2. The largest absolute Gasteiger partial charge is 0.369 e. The summed E-state index contributed by atoms with van der Waals surface area (Å²) < 4.78 is 24.8. The van der Waals surface area contributed by atoms with Crippen molar-refractivity contribution in [1.29, 1.82) is 0 Å². The van der Waals surface area contributed by atoms with E-state index in [1.54, 1.807) is 19.1 Å². The smallest absolute Gasteiger partial charge is 0.255 e. The summed E-state index contributed by atoms with van der Waals surface area (Å²) in [6.45, 7) is 8.06. The van der Waals surface area contributed by atoms with Gasteiger partial charge in [0.25, 0.3) is 5.56 Å². The van der Waals surface area contributed by atoms with E-state index in [0.717, 1.165) is 5.56 Å². The van der Waals surface area contributed by atoms with E-state index in [0.29, 0.717) is 16.3 Å². The van der Waals surface area contributed by atoms with Crippen LogP contribution in [0.25, 0.3) is 0 Å². The van der Waals surface area contributed by atoms with Crippen molar-refractivity contribution in [3.05, 3.63) is 52.1 Å². The van der Waals surface area contributed by atoms with E-state index in [-0.39, 0.29) is 23.3 Å². The lowest BCUT2D eigenvalue weighted by Crippen LogP contribution is -2.20. The van der Waals surface area contributed by atoms with Crippen LogP contribution in [0.4, 0.5) is 5.82 Å². The molecule has 0 spiro atoms. The molecule has 1 aromatic carbocycles. The molecule has 0 saturated carbocycles. The Bertz CT molecular complexity index is 863. The van der Waals surface area contributed by atoms with Gasteiger partial charge in [-0.1, -0.05) is 32.9 Å². The first-order valence-electron chi connectivity index (χ1n) is 7.73. The SMILES string of the molecule is Cc1c(NCCS(=O)(=O)c2ccc(C(C)(C)C)cc2)nc[nH]c1=O. The molecule has 1 aromatic heterocycles. The highest BCUT2D eigenvalue weighted by atomic mass is 32.2. The predicted molar refractivity (Wildman–Crippen MR) is 95.3 cm³/mol. The third-order valence-corrected chi connectivity index (χ3v) is 5.56. The third-order valence-electron chi connectivity index (χ3n) is 3.83. The number of aromatic amines is 1. The lowest BCUT2D eigenvalue weighted by Gasteiger charge is -2.19. The molecule has 0 saturated heterocycles. The summed E-state index contributed by atoms with van der Waals surface area (Å²) in [5.41, 5.74) is 1.26. The van der Waals surface area contributed by atoms with Crippen molar-refractivity contribution in [2.24, 2.45) is 0 Å². The Morgan fingerprint density at radius 2 is 1.79 bits per heavy atom. The molecule has 0 amide bonds. The fourth-order valence-electron chi connectivity index (χ4n) is 2.23. The topological polar surface area (TPSA) is 91.9 Å². The first-order chi connectivity index (χ1) is 11.1. The third kappa shape index (κ3) is 4.23. The molecule has 0 aliphatic carbocycles. The summed E-state index contributed by atoms with van der Waals surface area (Å²) in [6.07, 6.45) is 1.29. The second-order valence-electron chi connectivity index (χ2n) is 6.73. The number of nitrogens with zero attached hydrogens (tertiary/aromatic N) is 1. The number of rotatable bonds is 5. The van der Waals surface area contributed by atoms with Gasteiger partial charge in [0.05, 0.1) is 22.5 Å². The molecule has 0 aliphatic heterocycles. The van der Waals surface area contributed by atoms with Crippen LogP contribution in [0.3, 0.4) is 0 Å². The first kappa shape index (κ1) is 18.2. The second-order valence-corrected chi connectivity index (χ2v) is 8.83. The van der Waals surface area contributed by atoms with Gasteiger partial charge in [0, 0.05) is 6.54 Å². The molecule has 0 fully saturated rings. The molecule has 0 atom stereocenters. The zero-order chi connectivity index (χ0) is 18.0. The molecular formula is C17H23N3O3S. The molecule has 24 heavy (non-hydrogen) atoms. The number of anilines is 1. The predicted octanol–water partition coefficient (Wildman–Crippen LogP) is 2.26. The van der Waals surface area contributed by atoms with Crippen molar-refractivity contribution in [2.75, 3.05) is 17.6 Å². The van der Waals surface area contributed by atoms with Crippen LogP contribution in [-0.4, -0.2) is 30.7 Å². The molecule has 1 heterocycles. The monoisotopic (exact) mass is 349 g/mol. The molecule has 2 rings (SSSR count). The molecular weight excluding hydrogens is 326 g/mol. The summed E-state index contributed by atoms with van der Waals surface area (Å²) in [4.78, 5) is 18.3. The van der Waals surface area contributed by atoms with Gasteiger partial charge < -0.3 is 10.3 Å². The van der Waals surface area contributed by atoms with Gasteiger partial charge in [0.15, 0.2) is 9.84 Å². The van der Waals surface area contributed by atoms with E-state index in [1.165, 1.54) is 6.33 Å². The van der Waals surface area contributed by atoms with E-state index >= 15 is 0 Å². The van der Waals surface area contributed by atoms with Gasteiger partial charge >= 0.3 is 0 Å². The average Bonchev–Trinajstić information content (AvgIpc) is 2.51. The Morgan fingerprint density at radius 1 is 1.17 bits per heavy atom. The minimum absolute atomic E-state index is 0.0204. The normalized spacial score (nSPS) is 12.2. The fourth-order valence-corrected chi connectivity index (χ4v) is 3.39. The van der Waals surface area contributed by atoms with Gasteiger partial charge in [-0.3, -0.25) is 4.79 Å². The molecule has 130 valence electrons. The van der Waals surface area contributed by atoms with Crippen LogP contribution in [-0.2, 0) is 15.3 Å². The molecule has 2 N–H and O–H groups in total. The van der Waals surface area contributed by atoms with Gasteiger partial charge in [-0.05, 0) is 30.0 Å². The summed E-state index contributed by atoms with van der Waals surface area (Å²) in [5, 5.41) is 2.90. The van der Waals surface area contributed by atoms with E-state index < -0.39 is 9.84 Å². The van der Waals surface area contributed by atoms with Crippen LogP contribution in [0, 0.1) is 6.92 Å². The zero-order valence-electron chi connectivity index (χ0n) is 14.4. The van der Waals surface area contributed by atoms with Crippen molar-refractivity contribution in [1.82, 2.24) is 9.97 Å². The maximum Gasteiger partial charge on any atom is 0.255 e. The van der Waals surface area contributed by atoms with Crippen molar-refractivity contribution in [2.45, 2.75) is 38.0 Å². The number of aromatic nitrogens is 2. The van der Waals surface area contributed by atoms with Crippen LogP contribution in [0.5, 0.6) is 0 Å². The van der Waals surface area contributed by atoms with Gasteiger partial charge in [-0.15, -0.1) is 0 Å². The van der Waals surface area contributed by atoms with Gasteiger partial charge in [0.1, 0.15) is 5.82 Å². The number of benzene rings is 1. The Balaban J connectivity index is 2.06. The van der Waals surface area contributed by atoms with Crippen LogP contribution in [0.1, 0.15) is 31.9 Å². The summed E-state index contributed by atoms with van der Waals surface area (Å²) in [7, 11) is -3.39. The van der Waals surface area contributed by atoms with Gasteiger partial charge in [-0.2, -0.15) is 0 Å². The molecule has 2 aromatic rings. The van der Waals surface area contributed by atoms with Crippen molar-refractivity contribution in [3.63, 3.8) is 0 Å². The summed E-state index contributed by atoms with van der Waals surface area (Å²) in [6, 6.07) is 6.99. The number of nitrogens with one attached hydrogen (secondary N) is 2. The Labute approximate surface area is 142 Å². The van der Waals surface area contributed by atoms with Gasteiger partial charge in [0.2, 0.25) is 0 Å². The molecule has 0 unspecified atom stereocenters. The maximum atomic E-state index is 12.4. The molecule has 0 bridgehead atoms. The molecule has 0 radical (unpaired) electrons. The number of hydrogen-bond donors (Lipinski definition) is 2. The van der Waals surface area contributed by atoms with Gasteiger partial charge in [-0.25, -0.2) is 13.4 Å². The highest BCUT2D eigenvalue weighted by Crippen LogP contribution is 2.23. The lowest BCUT2D eigenvalue weighted by atomic mass is 9.87. The molecule has 0 aliphatic rings. The average molecular weight is 349 g/mol. The second kappa shape index (κ2) is 6.76. The van der Waals surface area contributed by atoms with Crippen LogP contribution in [0.2, 0.25) is 0 Å². The standard InChI is InChI=1S/C17H23N3O3S/c1-12-15(19-11-20-16(12)21)18-9-10-24(22,23)14-7-5-13(6-8-14)17(2,3)4/h5-8,11H,9-10H2,1-4H3,(H2,18,19,20,21). The van der Waals surface area contributed by atoms with E-state index in [2.05, 4.69) is 36.1 Å². The highest BCUT2D eigenvalue weighted by molar-refractivity contribution is 7.91. The quantitative estimate of drug-likeness (QED) is 0.864. The Kier molecular flexibility index (Phi) is 5.13. The lowest BCUT2D eigenvalue weighted by molar-refractivity contribution is 0.586. The molecule has 6 nitrogen and oxygen atoms in total. The van der Waals surface area contributed by atoms with Crippen molar-refractivity contribution >= 4 is 15.7 Å².